The molecule has 0 aliphatic rings. The van der Waals surface area contributed by atoms with Crippen LogP contribution < -0.4 is 5.32 Å². The molecule has 0 aliphatic carbocycles. The van der Waals surface area contributed by atoms with Crippen molar-refractivity contribution >= 4 is 24.6 Å². The number of rotatable bonds is 4. The zero-order valence-electron chi connectivity index (χ0n) is 8.95. The van der Waals surface area contributed by atoms with Crippen LogP contribution in [0.15, 0.2) is 34.7 Å². The lowest BCUT2D eigenvalue weighted by molar-refractivity contribution is -0.104. The Balaban J connectivity index is 2.62. The summed E-state index contributed by atoms with van der Waals surface area (Å²) in [6.07, 6.45) is 2.36. The number of aryl methyl sites for hydroxylation is 1. The van der Waals surface area contributed by atoms with E-state index in [1.807, 2.05) is 32.0 Å². The molecule has 0 aliphatic heterocycles. The molecule has 0 atom stereocenters. The van der Waals surface area contributed by atoms with E-state index in [9.17, 15) is 4.79 Å². The minimum Gasteiger partial charge on any atom is -0.381 e. The number of carbonyl (C=O) groups excluding carboxylic acids is 1. The number of aldehydes is 1. The van der Waals surface area contributed by atoms with Gasteiger partial charge >= 0.3 is 0 Å². The first-order valence-electron chi connectivity index (χ1n) is 4.78. The zero-order valence-corrected chi connectivity index (χ0v) is 9.84. The molecule has 1 aromatic rings. The van der Waals surface area contributed by atoms with E-state index in [0.29, 0.717) is 6.54 Å². The number of benzene rings is 1. The van der Waals surface area contributed by atoms with Gasteiger partial charge in [-0.15, -0.1) is 12.6 Å². The monoisotopic (exact) mass is 221 g/mol. The molecule has 1 rings (SSSR count). The van der Waals surface area contributed by atoms with Crippen LogP contribution in [0.5, 0.6) is 0 Å². The van der Waals surface area contributed by atoms with Crippen LogP contribution in [0, 0.1) is 6.92 Å². The van der Waals surface area contributed by atoms with Gasteiger partial charge in [-0.25, -0.2) is 0 Å². The molecule has 0 saturated heterocycles. The van der Waals surface area contributed by atoms with Crippen molar-refractivity contribution in [2.24, 2.45) is 0 Å². The Kier molecular flexibility index (Phi) is 4.43. The van der Waals surface area contributed by atoms with E-state index in [2.05, 4.69) is 17.9 Å². The van der Waals surface area contributed by atoms with Gasteiger partial charge in [0.1, 0.15) is 6.29 Å². The molecular formula is C12H15NOS. The Morgan fingerprint density at radius 2 is 2.27 bits per heavy atom. The first kappa shape index (κ1) is 11.9. The van der Waals surface area contributed by atoms with Crippen molar-refractivity contribution in [1.29, 1.82) is 0 Å². The molecule has 3 heteroatoms. The second kappa shape index (κ2) is 5.61. The highest BCUT2D eigenvalue weighted by atomic mass is 32.1. The molecule has 2 nitrogen and oxygen atoms in total. The fourth-order valence-electron chi connectivity index (χ4n) is 1.14. The van der Waals surface area contributed by atoms with E-state index >= 15 is 0 Å². The van der Waals surface area contributed by atoms with Crippen molar-refractivity contribution in [1.82, 2.24) is 0 Å². The van der Waals surface area contributed by atoms with E-state index in [4.69, 9.17) is 0 Å². The number of hydrogen-bond donors (Lipinski definition) is 2. The lowest BCUT2D eigenvalue weighted by atomic mass is 10.2. The average molecular weight is 221 g/mol. The maximum atomic E-state index is 10.2. The highest BCUT2D eigenvalue weighted by Gasteiger charge is 1.96. The molecule has 1 aromatic carbocycles. The Labute approximate surface area is 95.8 Å². The summed E-state index contributed by atoms with van der Waals surface area (Å²) < 4.78 is 0. The van der Waals surface area contributed by atoms with Gasteiger partial charge in [0.15, 0.2) is 0 Å². The summed E-state index contributed by atoms with van der Waals surface area (Å²) in [5.74, 6) is 0. The summed E-state index contributed by atoms with van der Waals surface area (Å²) in [7, 11) is 0. The number of nitrogens with one attached hydrogen (secondary N) is 1. The first-order chi connectivity index (χ1) is 7.13. The number of thiol groups is 1. The van der Waals surface area contributed by atoms with Crippen molar-refractivity contribution < 1.29 is 4.79 Å². The predicted molar refractivity (Wildman–Crippen MR) is 66.7 cm³/mol. The largest absolute Gasteiger partial charge is 0.381 e. The highest BCUT2D eigenvalue weighted by molar-refractivity contribution is 7.80. The van der Waals surface area contributed by atoms with Gasteiger partial charge in [0, 0.05) is 17.1 Å². The van der Waals surface area contributed by atoms with Crippen molar-refractivity contribution in [2.75, 3.05) is 11.9 Å². The molecule has 0 saturated carbocycles. The van der Waals surface area contributed by atoms with Gasteiger partial charge in [0.2, 0.25) is 0 Å². The van der Waals surface area contributed by atoms with Crippen LogP contribution in [0.25, 0.3) is 0 Å². The van der Waals surface area contributed by atoms with Crippen molar-refractivity contribution in [2.45, 2.75) is 18.7 Å². The first-order valence-corrected chi connectivity index (χ1v) is 5.22. The van der Waals surface area contributed by atoms with Crippen LogP contribution in [0.2, 0.25) is 0 Å². The summed E-state index contributed by atoms with van der Waals surface area (Å²) >= 11 is 4.34. The SMILES string of the molecule is C/C(=C\C=O)CNc1ccc(C)c(S)c1. The second-order valence-corrected chi connectivity index (χ2v) is 3.99. The summed E-state index contributed by atoms with van der Waals surface area (Å²) in [6.45, 7) is 4.61. The minimum atomic E-state index is 0.676. The van der Waals surface area contributed by atoms with Crippen molar-refractivity contribution in [3.8, 4) is 0 Å². The summed E-state index contributed by atoms with van der Waals surface area (Å²) in [6, 6.07) is 6.00. The molecule has 80 valence electrons. The Hall–Kier alpha value is -1.22. The molecule has 0 fully saturated rings. The van der Waals surface area contributed by atoms with Crippen LogP contribution in [0.3, 0.4) is 0 Å². The smallest absolute Gasteiger partial charge is 0.142 e. The fraction of sp³-hybridized carbons (Fsp3) is 0.250. The number of allylic oxidation sites excluding steroid dienone is 1. The van der Waals surface area contributed by atoms with Crippen LogP contribution in [0.1, 0.15) is 12.5 Å². The van der Waals surface area contributed by atoms with Crippen molar-refractivity contribution in [3.05, 3.63) is 35.4 Å². The van der Waals surface area contributed by atoms with Crippen LogP contribution >= 0.6 is 12.6 Å². The molecule has 15 heavy (non-hydrogen) atoms. The Morgan fingerprint density at radius 3 is 2.87 bits per heavy atom. The quantitative estimate of drug-likeness (QED) is 0.465. The van der Waals surface area contributed by atoms with Gasteiger partial charge in [-0.2, -0.15) is 0 Å². The molecule has 0 heterocycles. The third kappa shape index (κ3) is 3.80. The molecule has 0 amide bonds. The van der Waals surface area contributed by atoms with Crippen LogP contribution in [-0.4, -0.2) is 12.8 Å². The lowest BCUT2D eigenvalue weighted by Crippen LogP contribution is -2.02. The molecule has 0 spiro atoms. The molecule has 1 N–H and O–H groups in total. The van der Waals surface area contributed by atoms with Gasteiger partial charge in [-0.3, -0.25) is 4.79 Å². The highest BCUT2D eigenvalue weighted by Crippen LogP contribution is 2.18. The molecule has 0 unspecified atom stereocenters. The Bertz CT molecular complexity index is 385. The van der Waals surface area contributed by atoms with E-state index in [0.717, 1.165) is 28.0 Å². The maximum absolute atomic E-state index is 10.2. The fourth-order valence-corrected chi connectivity index (χ4v) is 1.35. The standard InChI is InChI=1S/C12H15NOS/c1-9(5-6-14)8-13-11-4-3-10(2)12(15)7-11/h3-7,13,15H,8H2,1-2H3/b9-5+. The number of carbonyl (C=O) groups is 1. The summed E-state index contributed by atoms with van der Waals surface area (Å²) in [5.41, 5.74) is 3.18. The summed E-state index contributed by atoms with van der Waals surface area (Å²) in [5, 5.41) is 3.22. The van der Waals surface area contributed by atoms with Gasteiger partial charge in [0.25, 0.3) is 0 Å². The predicted octanol–water partition coefficient (Wildman–Crippen LogP) is 2.84. The van der Waals surface area contributed by atoms with Gasteiger partial charge in [-0.05, 0) is 37.6 Å². The van der Waals surface area contributed by atoms with Crippen LogP contribution in [-0.2, 0) is 4.79 Å². The third-order valence-electron chi connectivity index (χ3n) is 2.13. The minimum absolute atomic E-state index is 0.676. The topological polar surface area (TPSA) is 29.1 Å². The van der Waals surface area contributed by atoms with E-state index in [1.165, 1.54) is 0 Å². The molecule has 0 radical (unpaired) electrons. The van der Waals surface area contributed by atoms with Gasteiger partial charge < -0.3 is 5.32 Å². The van der Waals surface area contributed by atoms with Crippen LogP contribution in [0.4, 0.5) is 5.69 Å². The lowest BCUT2D eigenvalue weighted by Gasteiger charge is -2.08. The van der Waals surface area contributed by atoms with Gasteiger partial charge in [0.05, 0.1) is 0 Å². The summed E-state index contributed by atoms with van der Waals surface area (Å²) in [4.78, 5) is 11.2. The molecular weight excluding hydrogens is 206 g/mol. The number of hydrogen-bond acceptors (Lipinski definition) is 3. The second-order valence-electron chi connectivity index (χ2n) is 3.50. The molecule has 0 bridgehead atoms. The van der Waals surface area contributed by atoms with E-state index < -0.39 is 0 Å². The third-order valence-corrected chi connectivity index (χ3v) is 2.61. The van der Waals surface area contributed by atoms with Gasteiger partial charge in [-0.1, -0.05) is 11.6 Å². The van der Waals surface area contributed by atoms with E-state index in [1.54, 1.807) is 6.08 Å². The maximum Gasteiger partial charge on any atom is 0.142 e. The van der Waals surface area contributed by atoms with E-state index in [-0.39, 0.29) is 0 Å². The number of anilines is 1. The molecule has 0 aromatic heterocycles. The average Bonchev–Trinajstić information content (AvgIpc) is 2.20. The van der Waals surface area contributed by atoms with Crippen molar-refractivity contribution in [3.63, 3.8) is 0 Å². The Morgan fingerprint density at radius 1 is 1.53 bits per heavy atom. The normalized spacial score (nSPS) is 11.3. The zero-order chi connectivity index (χ0) is 11.3.